The van der Waals surface area contributed by atoms with E-state index in [1.165, 1.54) is 18.1 Å². The fourth-order valence-corrected chi connectivity index (χ4v) is 2.83. The van der Waals surface area contributed by atoms with Crippen LogP contribution in [-0.4, -0.2) is 27.2 Å². The van der Waals surface area contributed by atoms with Gasteiger partial charge in [0.1, 0.15) is 0 Å². The van der Waals surface area contributed by atoms with Gasteiger partial charge in [-0.25, -0.2) is 0 Å². The first kappa shape index (κ1) is 17.8. The molecular weight excluding hydrogens is 326 g/mol. The van der Waals surface area contributed by atoms with Crippen LogP contribution in [0.4, 0.5) is 5.69 Å². The largest absolute Gasteiger partial charge is 0.326 e. The minimum atomic E-state index is -0.0547. The van der Waals surface area contributed by atoms with Crippen LogP contribution in [0, 0.1) is 0 Å². The zero-order valence-electron chi connectivity index (χ0n) is 15.1. The zero-order chi connectivity index (χ0) is 18.4. The molecular formula is C20H23N5O. The average molecular weight is 349 g/mol. The monoisotopic (exact) mass is 349 g/mol. The van der Waals surface area contributed by atoms with Crippen molar-refractivity contribution in [2.24, 2.45) is 7.05 Å². The fourth-order valence-electron chi connectivity index (χ4n) is 2.83. The van der Waals surface area contributed by atoms with Crippen LogP contribution in [0.1, 0.15) is 18.1 Å². The van der Waals surface area contributed by atoms with E-state index in [1.807, 2.05) is 54.3 Å². The Bertz CT molecular complexity index is 856. The third kappa shape index (κ3) is 4.77. The van der Waals surface area contributed by atoms with Gasteiger partial charge in [-0.1, -0.05) is 12.1 Å². The van der Waals surface area contributed by atoms with Crippen molar-refractivity contribution in [1.29, 1.82) is 0 Å². The average Bonchev–Trinajstić information content (AvgIpc) is 3.01. The van der Waals surface area contributed by atoms with Crippen LogP contribution < -0.4 is 10.6 Å². The van der Waals surface area contributed by atoms with Crippen LogP contribution in [0.3, 0.4) is 0 Å². The summed E-state index contributed by atoms with van der Waals surface area (Å²) in [4.78, 5) is 15.1. The number of nitrogens with zero attached hydrogens (tertiary/aromatic N) is 3. The van der Waals surface area contributed by atoms with E-state index in [2.05, 4.69) is 20.7 Å². The van der Waals surface area contributed by atoms with Crippen LogP contribution in [0.5, 0.6) is 0 Å². The maximum absolute atomic E-state index is 11.0. The van der Waals surface area contributed by atoms with Gasteiger partial charge in [-0.15, -0.1) is 0 Å². The minimum absolute atomic E-state index is 0.0547. The van der Waals surface area contributed by atoms with E-state index in [1.54, 1.807) is 12.4 Å². The summed E-state index contributed by atoms with van der Waals surface area (Å²) >= 11 is 0. The fraction of sp³-hybridized carbons (Fsp3) is 0.250. The highest BCUT2D eigenvalue weighted by molar-refractivity contribution is 5.88. The molecule has 1 amide bonds. The molecule has 1 aromatic carbocycles. The molecule has 2 heterocycles. The molecule has 2 N–H and O–H groups in total. The molecule has 0 saturated carbocycles. The van der Waals surface area contributed by atoms with Gasteiger partial charge in [-0.05, 0) is 42.8 Å². The van der Waals surface area contributed by atoms with Crippen molar-refractivity contribution >= 4 is 11.6 Å². The molecule has 134 valence electrons. The molecule has 0 aliphatic rings. The Hall–Kier alpha value is -2.99. The predicted octanol–water partition coefficient (Wildman–Crippen LogP) is 2.77. The van der Waals surface area contributed by atoms with Crippen LogP contribution in [0.25, 0.3) is 11.3 Å². The third-order valence-corrected chi connectivity index (χ3v) is 4.04. The highest BCUT2D eigenvalue weighted by atomic mass is 16.1. The van der Waals surface area contributed by atoms with Crippen molar-refractivity contribution in [2.75, 3.05) is 11.9 Å². The van der Waals surface area contributed by atoms with E-state index in [-0.39, 0.29) is 5.91 Å². The second-order valence-corrected chi connectivity index (χ2v) is 6.22. The van der Waals surface area contributed by atoms with Gasteiger partial charge in [0.2, 0.25) is 5.91 Å². The van der Waals surface area contributed by atoms with E-state index in [4.69, 9.17) is 0 Å². The number of amides is 1. The van der Waals surface area contributed by atoms with Gasteiger partial charge in [-0.3, -0.25) is 14.5 Å². The van der Waals surface area contributed by atoms with E-state index < -0.39 is 0 Å². The normalized spacial score (nSPS) is 10.7. The second-order valence-electron chi connectivity index (χ2n) is 6.22. The molecule has 6 heteroatoms. The van der Waals surface area contributed by atoms with Crippen LogP contribution >= 0.6 is 0 Å². The lowest BCUT2D eigenvalue weighted by Crippen LogP contribution is -2.16. The van der Waals surface area contributed by atoms with Crippen molar-refractivity contribution in [3.63, 3.8) is 0 Å². The highest BCUT2D eigenvalue weighted by Crippen LogP contribution is 2.20. The first-order chi connectivity index (χ1) is 12.6. The standard InChI is InChI=1S/C20H23N5O/c1-15(26)23-19-5-3-16(4-6-19)7-10-22-13-18-14-25(2)24-20(18)17-8-11-21-12-9-17/h3-6,8-9,11-12,14,22H,7,10,13H2,1-2H3,(H,23,26). The zero-order valence-corrected chi connectivity index (χ0v) is 15.1. The molecule has 0 radical (unpaired) electrons. The molecule has 6 nitrogen and oxygen atoms in total. The Morgan fingerprint density at radius 1 is 1.12 bits per heavy atom. The number of hydrogen-bond donors (Lipinski definition) is 2. The molecule has 0 saturated heterocycles. The molecule has 3 rings (SSSR count). The predicted molar refractivity (Wildman–Crippen MR) is 103 cm³/mol. The number of rotatable bonds is 7. The van der Waals surface area contributed by atoms with Crippen molar-refractivity contribution in [2.45, 2.75) is 19.9 Å². The van der Waals surface area contributed by atoms with Crippen molar-refractivity contribution < 1.29 is 4.79 Å². The van der Waals surface area contributed by atoms with E-state index in [0.29, 0.717) is 0 Å². The maximum atomic E-state index is 11.0. The molecule has 0 atom stereocenters. The van der Waals surface area contributed by atoms with E-state index >= 15 is 0 Å². The van der Waals surface area contributed by atoms with E-state index in [9.17, 15) is 4.79 Å². The molecule has 0 aliphatic heterocycles. The summed E-state index contributed by atoms with van der Waals surface area (Å²) in [5.74, 6) is -0.0547. The molecule has 2 aromatic heterocycles. The SMILES string of the molecule is CC(=O)Nc1ccc(CCNCc2cn(C)nc2-c2ccncc2)cc1. The Morgan fingerprint density at radius 3 is 2.54 bits per heavy atom. The summed E-state index contributed by atoms with van der Waals surface area (Å²) in [5.41, 5.74) is 5.28. The van der Waals surface area contributed by atoms with Crippen LogP contribution in [0.15, 0.2) is 55.0 Å². The second kappa shape index (κ2) is 8.40. The summed E-state index contributed by atoms with van der Waals surface area (Å²) in [7, 11) is 1.94. The number of aromatic nitrogens is 3. The van der Waals surface area contributed by atoms with Crippen LogP contribution in [0.2, 0.25) is 0 Å². The van der Waals surface area contributed by atoms with Gasteiger partial charge >= 0.3 is 0 Å². The minimum Gasteiger partial charge on any atom is -0.326 e. The summed E-state index contributed by atoms with van der Waals surface area (Å²) in [6.07, 6.45) is 6.54. The Labute approximate surface area is 153 Å². The van der Waals surface area contributed by atoms with Crippen molar-refractivity contribution in [1.82, 2.24) is 20.1 Å². The first-order valence-corrected chi connectivity index (χ1v) is 8.62. The number of nitrogens with one attached hydrogen (secondary N) is 2. The summed E-state index contributed by atoms with van der Waals surface area (Å²) in [6, 6.07) is 11.9. The number of hydrogen-bond acceptors (Lipinski definition) is 4. The van der Waals surface area contributed by atoms with Gasteiger partial charge in [-0.2, -0.15) is 5.10 Å². The molecule has 0 aliphatic carbocycles. The molecule has 0 fully saturated rings. The smallest absolute Gasteiger partial charge is 0.221 e. The summed E-state index contributed by atoms with van der Waals surface area (Å²) in [6.45, 7) is 3.14. The number of anilines is 1. The molecule has 3 aromatic rings. The third-order valence-electron chi connectivity index (χ3n) is 4.04. The number of carbonyl (C=O) groups excluding carboxylic acids is 1. The molecule has 26 heavy (non-hydrogen) atoms. The Kier molecular flexibility index (Phi) is 5.76. The number of carbonyl (C=O) groups is 1. The maximum Gasteiger partial charge on any atom is 0.221 e. The van der Waals surface area contributed by atoms with Gasteiger partial charge < -0.3 is 10.6 Å². The number of pyridine rings is 1. The lowest BCUT2D eigenvalue weighted by molar-refractivity contribution is -0.114. The van der Waals surface area contributed by atoms with Gasteiger partial charge in [0.05, 0.1) is 5.69 Å². The topological polar surface area (TPSA) is 71.8 Å². The highest BCUT2D eigenvalue weighted by Gasteiger charge is 2.09. The Morgan fingerprint density at radius 2 is 1.85 bits per heavy atom. The Balaban J connectivity index is 1.53. The number of benzene rings is 1. The van der Waals surface area contributed by atoms with Crippen LogP contribution in [-0.2, 0) is 24.8 Å². The quantitative estimate of drug-likeness (QED) is 0.644. The number of aryl methyl sites for hydroxylation is 1. The first-order valence-electron chi connectivity index (χ1n) is 8.62. The lowest BCUT2D eigenvalue weighted by atomic mass is 10.1. The lowest BCUT2D eigenvalue weighted by Gasteiger charge is -2.07. The van der Waals surface area contributed by atoms with Crippen molar-refractivity contribution in [3.8, 4) is 11.3 Å². The van der Waals surface area contributed by atoms with Crippen molar-refractivity contribution in [3.05, 3.63) is 66.1 Å². The molecule has 0 spiro atoms. The molecule has 0 unspecified atom stereocenters. The molecule has 0 bridgehead atoms. The summed E-state index contributed by atoms with van der Waals surface area (Å²) in [5, 5.41) is 10.8. The van der Waals surface area contributed by atoms with Gasteiger partial charge in [0.25, 0.3) is 0 Å². The van der Waals surface area contributed by atoms with Gasteiger partial charge in [0.15, 0.2) is 0 Å². The van der Waals surface area contributed by atoms with E-state index in [0.717, 1.165) is 36.5 Å². The van der Waals surface area contributed by atoms with Gasteiger partial charge in [0, 0.05) is 55.9 Å². The summed E-state index contributed by atoms with van der Waals surface area (Å²) < 4.78 is 1.84.